The number of rotatable bonds is 19. The number of nitrogens with two attached hydrogens (primary N) is 1. The second-order valence-corrected chi connectivity index (χ2v) is 16.8. The van der Waals surface area contributed by atoms with Crippen LogP contribution in [-0.4, -0.2) is 135 Å². The van der Waals surface area contributed by atoms with Gasteiger partial charge in [0.25, 0.3) is 0 Å². The van der Waals surface area contributed by atoms with E-state index in [-0.39, 0.29) is 41.6 Å². The maximum atomic E-state index is 12.6. The molecule has 3 unspecified atom stereocenters. The van der Waals surface area contributed by atoms with Crippen LogP contribution in [0.2, 0.25) is 0 Å². The standard InChI is InChI=1S/C21H36N7O16P3S.C4H8O2/c1-21(2,16(31)19(32)24-4-3-12(29)23-5-6-48)8-41-47(38,39)44-46(36,37)40-7-11-15(43-45(33,34)35)14(30)20(42-11)28-10-27-13-17(22)25-9-26-18(13)28;1-3(5)4(2)6/h9-11,14-16,20,30-31,48H,3-8H2,1-2H3,(H,23,29)(H,24,32)(H,36,37)(H,38,39)(H2,22,25,26)(H2,33,34,35);3,5H,1-2H3/t11-,14-,15-,16+,20-;/m1./s1. The van der Waals surface area contributed by atoms with Crippen molar-refractivity contribution < 1.29 is 85.6 Å². The van der Waals surface area contributed by atoms with E-state index in [1.54, 1.807) is 0 Å². The number of hydrogen-bond acceptors (Lipinski definition) is 19. The number of fused-ring (bicyclic) bond motifs is 1. The fourth-order valence-electron chi connectivity index (χ4n) is 4.14. The molecule has 308 valence electrons. The third-order valence-electron chi connectivity index (χ3n) is 7.10. The third-order valence-corrected chi connectivity index (χ3v) is 10.4. The normalized spacial score (nSPS) is 22.3. The van der Waals surface area contributed by atoms with Crippen LogP contribution in [-0.2, 0) is 50.7 Å². The average Bonchev–Trinajstić information content (AvgIpc) is 3.61. The highest BCUT2D eigenvalue weighted by atomic mass is 32.1. The summed E-state index contributed by atoms with van der Waals surface area (Å²) in [7, 11) is -16.3. The van der Waals surface area contributed by atoms with Crippen molar-refractivity contribution in [2.24, 2.45) is 5.41 Å². The molecule has 1 saturated heterocycles. The molecule has 1 fully saturated rings. The Bertz CT molecular complexity index is 1750. The number of phosphoric ester groups is 3. The molecule has 54 heavy (non-hydrogen) atoms. The summed E-state index contributed by atoms with van der Waals surface area (Å²) in [5.41, 5.74) is 4.30. The number of ether oxygens (including phenoxy) is 1. The highest BCUT2D eigenvalue weighted by Crippen LogP contribution is 2.61. The number of carbonyl (C=O) groups is 3. The molecule has 3 rings (SSSR count). The second-order valence-electron chi connectivity index (χ2n) is 12.1. The number of hydrogen-bond donors (Lipinski definition) is 11. The van der Waals surface area contributed by atoms with Crippen LogP contribution in [0.5, 0.6) is 0 Å². The number of phosphoric acid groups is 3. The number of aliphatic hydroxyl groups excluding tert-OH is 3. The lowest BCUT2D eigenvalue weighted by Gasteiger charge is -2.30. The minimum atomic E-state index is -5.54. The molecule has 0 aromatic carbocycles. The fourth-order valence-corrected chi connectivity index (χ4v) is 7.08. The van der Waals surface area contributed by atoms with Crippen molar-refractivity contribution in [3.63, 3.8) is 0 Å². The number of Topliss-reactive ketones (excluding diaryl/α,β-unsaturated/α-hetero) is 1. The zero-order chi connectivity index (χ0) is 41.2. The van der Waals surface area contributed by atoms with Crippen LogP contribution in [0.15, 0.2) is 12.7 Å². The first kappa shape index (κ1) is 47.7. The van der Waals surface area contributed by atoms with Gasteiger partial charge in [0.1, 0.15) is 42.4 Å². The minimum Gasteiger partial charge on any atom is -0.386 e. The molecular weight excluding hydrogens is 811 g/mol. The molecule has 0 bridgehead atoms. The summed E-state index contributed by atoms with van der Waals surface area (Å²) in [6, 6.07) is 0. The van der Waals surface area contributed by atoms with Gasteiger partial charge in [-0.15, -0.1) is 0 Å². The smallest absolute Gasteiger partial charge is 0.386 e. The predicted octanol–water partition coefficient (Wildman–Crippen LogP) is -1.71. The molecule has 1 aliphatic heterocycles. The molecule has 0 saturated carbocycles. The average molecular weight is 856 g/mol. The van der Waals surface area contributed by atoms with Gasteiger partial charge < -0.3 is 56.0 Å². The van der Waals surface area contributed by atoms with Crippen LogP contribution in [0.4, 0.5) is 5.82 Å². The molecule has 29 heteroatoms. The lowest BCUT2D eigenvalue weighted by atomic mass is 9.87. The van der Waals surface area contributed by atoms with Crippen LogP contribution < -0.4 is 16.4 Å². The zero-order valence-electron chi connectivity index (χ0n) is 29.1. The zero-order valence-corrected chi connectivity index (χ0v) is 32.7. The number of carbonyl (C=O) groups excluding carboxylic acids is 3. The Kier molecular flexibility index (Phi) is 17.7. The van der Waals surface area contributed by atoms with E-state index < -0.39 is 84.8 Å². The fraction of sp³-hybridized carbons (Fsp3) is 0.680. The highest BCUT2D eigenvalue weighted by Gasteiger charge is 2.50. The van der Waals surface area contributed by atoms with Gasteiger partial charge in [-0.2, -0.15) is 16.9 Å². The second kappa shape index (κ2) is 20.1. The van der Waals surface area contributed by atoms with Crippen LogP contribution in [0.25, 0.3) is 11.2 Å². The number of anilines is 1. The molecule has 2 aromatic heterocycles. The van der Waals surface area contributed by atoms with Gasteiger partial charge in [0, 0.05) is 30.7 Å². The van der Waals surface area contributed by atoms with E-state index in [1.807, 2.05) is 0 Å². The SMILES string of the molecule is CC(=O)C(C)O.CC(C)(COP(=O)(O)OP(=O)(O)OC[C@H]1O[C@@H](n2cnc3c(N)ncnc32)[C@H](O)[C@@H]1OP(=O)(O)O)[C@@H](O)C(=O)NCCC(=O)NCCS. The van der Waals surface area contributed by atoms with Crippen molar-refractivity contribution in [3.8, 4) is 0 Å². The number of aliphatic hydroxyl groups is 3. The lowest BCUT2D eigenvalue weighted by molar-refractivity contribution is -0.137. The van der Waals surface area contributed by atoms with Crippen LogP contribution in [0.3, 0.4) is 0 Å². The van der Waals surface area contributed by atoms with E-state index in [0.717, 1.165) is 17.2 Å². The maximum Gasteiger partial charge on any atom is 0.481 e. The van der Waals surface area contributed by atoms with Crippen LogP contribution >= 0.6 is 36.1 Å². The largest absolute Gasteiger partial charge is 0.481 e. The molecule has 11 N–H and O–H groups in total. The Morgan fingerprint density at radius 3 is 2.24 bits per heavy atom. The molecule has 0 spiro atoms. The molecule has 2 amide bonds. The number of nitrogen functional groups attached to an aromatic ring is 1. The van der Waals surface area contributed by atoms with Gasteiger partial charge in [-0.05, 0) is 13.8 Å². The van der Waals surface area contributed by atoms with Gasteiger partial charge in [0.2, 0.25) is 11.8 Å². The lowest BCUT2D eigenvalue weighted by Crippen LogP contribution is -2.46. The minimum absolute atomic E-state index is 0.0363. The molecule has 0 aliphatic carbocycles. The molecule has 2 aromatic rings. The molecular formula is C25H44N7O18P3S. The first-order valence-corrected chi connectivity index (χ1v) is 20.6. The van der Waals surface area contributed by atoms with Gasteiger partial charge in [0.15, 0.2) is 23.5 Å². The molecule has 25 nitrogen and oxygen atoms in total. The molecule has 0 radical (unpaired) electrons. The number of imidazole rings is 1. The van der Waals surface area contributed by atoms with Gasteiger partial charge >= 0.3 is 23.5 Å². The Morgan fingerprint density at radius 2 is 1.67 bits per heavy atom. The molecule has 3 heterocycles. The summed E-state index contributed by atoms with van der Waals surface area (Å²) in [5, 5.41) is 34.4. The Morgan fingerprint density at radius 1 is 1.06 bits per heavy atom. The first-order chi connectivity index (χ1) is 24.8. The van der Waals surface area contributed by atoms with Gasteiger partial charge in [-0.25, -0.2) is 28.6 Å². The Balaban J connectivity index is 0.00000155. The summed E-state index contributed by atoms with van der Waals surface area (Å²) in [6.45, 7) is 3.52. The van der Waals surface area contributed by atoms with E-state index in [9.17, 15) is 57.9 Å². The summed E-state index contributed by atoms with van der Waals surface area (Å²) < 4.78 is 61.7. The third kappa shape index (κ3) is 14.9. The summed E-state index contributed by atoms with van der Waals surface area (Å²) in [4.78, 5) is 84.5. The Labute approximate surface area is 312 Å². The van der Waals surface area contributed by atoms with Crippen LogP contribution in [0.1, 0.15) is 40.3 Å². The summed E-state index contributed by atoms with van der Waals surface area (Å²) in [6.07, 6.45) is -7.53. The highest BCUT2D eigenvalue weighted by molar-refractivity contribution is 7.80. The quantitative estimate of drug-likeness (QED) is 0.0553. The van der Waals surface area contributed by atoms with E-state index in [0.29, 0.717) is 12.3 Å². The number of aromatic nitrogens is 4. The Hall–Kier alpha value is -2.48. The number of ketones is 1. The van der Waals surface area contributed by atoms with Gasteiger partial charge in [-0.3, -0.25) is 32.5 Å². The van der Waals surface area contributed by atoms with Crippen LogP contribution in [0, 0.1) is 5.41 Å². The predicted molar refractivity (Wildman–Crippen MR) is 186 cm³/mol. The monoisotopic (exact) mass is 855 g/mol. The van der Waals surface area contributed by atoms with Gasteiger partial charge in [0.05, 0.1) is 19.5 Å². The number of thiol groups is 1. The van der Waals surface area contributed by atoms with Gasteiger partial charge in [-0.1, -0.05) is 13.8 Å². The number of nitrogens with one attached hydrogen (secondary N) is 2. The van der Waals surface area contributed by atoms with E-state index in [4.69, 9.17) is 24.6 Å². The van der Waals surface area contributed by atoms with Crippen molar-refractivity contribution in [3.05, 3.63) is 12.7 Å². The van der Waals surface area contributed by atoms with Crippen molar-refractivity contribution in [1.29, 1.82) is 0 Å². The molecule has 1 aliphatic rings. The maximum absolute atomic E-state index is 12.6. The summed E-state index contributed by atoms with van der Waals surface area (Å²) >= 11 is 3.95. The number of amides is 2. The summed E-state index contributed by atoms with van der Waals surface area (Å²) in [5.74, 6) is -1.13. The van der Waals surface area contributed by atoms with E-state index in [2.05, 4.69) is 47.0 Å². The van der Waals surface area contributed by atoms with Crippen molar-refractivity contribution in [1.82, 2.24) is 30.2 Å². The first-order valence-electron chi connectivity index (χ1n) is 15.5. The topological polar surface area (TPSA) is 384 Å². The van der Waals surface area contributed by atoms with E-state index >= 15 is 0 Å². The molecule has 8 atom stereocenters. The van der Waals surface area contributed by atoms with Crippen molar-refractivity contribution in [2.45, 2.75) is 70.9 Å². The van der Waals surface area contributed by atoms with Crippen molar-refractivity contribution >= 4 is 70.7 Å². The van der Waals surface area contributed by atoms with E-state index in [1.165, 1.54) is 27.7 Å². The van der Waals surface area contributed by atoms with Crippen molar-refractivity contribution in [2.75, 3.05) is 37.8 Å². The number of nitrogens with zero attached hydrogens (tertiary/aromatic N) is 4.